The highest BCUT2D eigenvalue weighted by atomic mass is 16.4. The summed E-state index contributed by atoms with van der Waals surface area (Å²) in [4.78, 5) is 13.7. The molecule has 10 nitrogen and oxygen atoms in total. The lowest BCUT2D eigenvalue weighted by Gasteiger charge is -2.24. The van der Waals surface area contributed by atoms with E-state index in [1.165, 1.54) is 0 Å². The Balaban J connectivity index is 4.22. The van der Waals surface area contributed by atoms with Gasteiger partial charge in [-0.15, -0.1) is 0 Å². The molecule has 104 valence electrons. The van der Waals surface area contributed by atoms with Gasteiger partial charge in [0.05, 0.1) is 6.61 Å². The number of rotatable bonds is 8. The van der Waals surface area contributed by atoms with E-state index in [-0.39, 0.29) is 13.1 Å². The van der Waals surface area contributed by atoms with Crippen molar-refractivity contribution in [3.63, 3.8) is 0 Å². The van der Waals surface area contributed by atoms with Crippen molar-refractivity contribution in [3.05, 3.63) is 10.4 Å². The second-order valence-corrected chi connectivity index (χ2v) is 3.42. The van der Waals surface area contributed by atoms with E-state index in [4.69, 9.17) is 15.7 Å². The van der Waals surface area contributed by atoms with Gasteiger partial charge in [-0.3, -0.25) is 4.79 Å². The summed E-state index contributed by atoms with van der Waals surface area (Å²) in [7, 11) is 0. The van der Waals surface area contributed by atoms with Crippen LogP contribution in [0.2, 0.25) is 0 Å². The van der Waals surface area contributed by atoms with Crippen LogP contribution in [0.3, 0.4) is 0 Å². The third kappa shape index (κ3) is 5.27. The Morgan fingerprint density at radius 2 is 1.89 bits per heavy atom. The lowest BCUT2D eigenvalue weighted by molar-refractivity contribution is -0.148. The van der Waals surface area contributed by atoms with E-state index < -0.39 is 36.9 Å². The molecule has 0 unspecified atom stereocenters. The molecule has 0 saturated carbocycles. The van der Waals surface area contributed by atoms with Gasteiger partial charge in [0.25, 0.3) is 5.91 Å². The summed E-state index contributed by atoms with van der Waals surface area (Å²) >= 11 is 0. The van der Waals surface area contributed by atoms with Crippen molar-refractivity contribution in [3.8, 4) is 0 Å². The maximum Gasteiger partial charge on any atom is 0.251 e. The summed E-state index contributed by atoms with van der Waals surface area (Å²) in [6.45, 7) is -0.915. The highest BCUT2D eigenvalue weighted by Gasteiger charge is 2.33. The van der Waals surface area contributed by atoms with Crippen molar-refractivity contribution in [1.82, 2.24) is 5.32 Å². The minimum Gasteiger partial charge on any atom is -0.394 e. The fraction of sp³-hybridized carbons (Fsp3) is 0.875. The van der Waals surface area contributed by atoms with Crippen molar-refractivity contribution in [2.24, 2.45) is 5.11 Å². The number of azide groups is 1. The largest absolute Gasteiger partial charge is 0.394 e. The molecule has 18 heavy (non-hydrogen) atoms. The van der Waals surface area contributed by atoms with Crippen LogP contribution >= 0.6 is 0 Å². The van der Waals surface area contributed by atoms with Gasteiger partial charge in [-0.05, 0) is 5.53 Å². The number of aliphatic hydroxyl groups excluding tert-OH is 5. The molecule has 1 amide bonds. The van der Waals surface area contributed by atoms with E-state index in [1.54, 1.807) is 0 Å². The zero-order chi connectivity index (χ0) is 14.1. The monoisotopic (exact) mass is 264 g/mol. The van der Waals surface area contributed by atoms with Gasteiger partial charge < -0.3 is 30.8 Å². The van der Waals surface area contributed by atoms with Gasteiger partial charge in [-0.1, -0.05) is 5.11 Å². The molecule has 0 radical (unpaired) electrons. The third-order valence-corrected chi connectivity index (χ3v) is 2.10. The van der Waals surface area contributed by atoms with Gasteiger partial charge in [-0.2, -0.15) is 0 Å². The SMILES string of the molecule is [N-]=[N+]=NCCNC(=O)[C@H](O)[C@@H](O)[C@H](O)[C@H](O)CO. The molecular formula is C8H16N4O6. The lowest BCUT2D eigenvalue weighted by atomic mass is 10.0. The van der Waals surface area contributed by atoms with E-state index in [0.29, 0.717) is 0 Å². The topological polar surface area (TPSA) is 179 Å². The molecule has 0 spiro atoms. The predicted molar refractivity (Wildman–Crippen MR) is 58.1 cm³/mol. The van der Waals surface area contributed by atoms with Crippen LogP contribution in [0.1, 0.15) is 0 Å². The van der Waals surface area contributed by atoms with Crippen molar-refractivity contribution < 1.29 is 30.3 Å². The number of aliphatic hydroxyl groups is 5. The van der Waals surface area contributed by atoms with Gasteiger partial charge in [0.15, 0.2) is 6.10 Å². The van der Waals surface area contributed by atoms with Gasteiger partial charge in [-0.25, -0.2) is 0 Å². The second-order valence-electron chi connectivity index (χ2n) is 3.42. The van der Waals surface area contributed by atoms with Gasteiger partial charge >= 0.3 is 0 Å². The quantitative estimate of drug-likeness (QED) is 0.116. The van der Waals surface area contributed by atoms with Crippen LogP contribution in [0.5, 0.6) is 0 Å². The molecule has 0 aliphatic rings. The van der Waals surface area contributed by atoms with Crippen LogP contribution in [-0.2, 0) is 4.79 Å². The molecule has 0 aliphatic heterocycles. The molecule has 0 aromatic carbocycles. The Labute approximate surface area is 102 Å². The first-order chi connectivity index (χ1) is 8.45. The Morgan fingerprint density at radius 1 is 1.28 bits per heavy atom. The summed E-state index contributed by atoms with van der Waals surface area (Å²) in [6.07, 6.45) is -7.47. The Kier molecular flexibility index (Phi) is 7.96. The first kappa shape index (κ1) is 16.6. The predicted octanol–water partition coefficient (Wildman–Crippen LogP) is -3.15. The number of nitrogens with zero attached hydrogens (tertiary/aromatic N) is 3. The van der Waals surface area contributed by atoms with E-state index in [0.717, 1.165) is 0 Å². The number of nitrogens with one attached hydrogen (secondary N) is 1. The van der Waals surface area contributed by atoms with Gasteiger partial charge in [0.1, 0.15) is 18.3 Å². The summed E-state index contributed by atoms with van der Waals surface area (Å²) in [5.41, 5.74) is 7.96. The number of amides is 1. The molecule has 0 aliphatic carbocycles. The van der Waals surface area contributed by atoms with Crippen LogP contribution in [0.4, 0.5) is 0 Å². The molecule has 0 aromatic heterocycles. The van der Waals surface area contributed by atoms with Crippen LogP contribution in [-0.4, -0.2) is 75.6 Å². The van der Waals surface area contributed by atoms with E-state index in [2.05, 4.69) is 15.3 Å². The maximum absolute atomic E-state index is 11.3. The smallest absolute Gasteiger partial charge is 0.251 e. The molecule has 0 saturated heterocycles. The fourth-order valence-corrected chi connectivity index (χ4v) is 1.06. The molecular weight excluding hydrogens is 248 g/mol. The standard InChI is InChI=1S/C8H16N4O6/c9-12-11-2-1-10-8(18)7(17)6(16)5(15)4(14)3-13/h4-7,13-17H,1-3H2,(H,10,18)/t4-,5-,6+,7-/m1/s1. The van der Waals surface area contributed by atoms with Crippen LogP contribution in [0, 0.1) is 0 Å². The Morgan fingerprint density at radius 3 is 2.39 bits per heavy atom. The summed E-state index contributed by atoms with van der Waals surface area (Å²) in [6, 6.07) is 0. The second kappa shape index (κ2) is 8.64. The molecule has 0 heterocycles. The normalized spacial score (nSPS) is 17.2. The third-order valence-electron chi connectivity index (χ3n) is 2.10. The number of hydrogen-bond acceptors (Lipinski definition) is 7. The number of carbonyl (C=O) groups excluding carboxylic acids is 1. The average Bonchev–Trinajstić information content (AvgIpc) is 2.39. The highest BCUT2D eigenvalue weighted by Crippen LogP contribution is 2.05. The lowest BCUT2D eigenvalue weighted by Crippen LogP contribution is -2.51. The van der Waals surface area contributed by atoms with Crippen LogP contribution < -0.4 is 5.32 Å². The average molecular weight is 264 g/mol. The van der Waals surface area contributed by atoms with Gasteiger partial charge in [0.2, 0.25) is 0 Å². The first-order valence-electron chi connectivity index (χ1n) is 5.07. The zero-order valence-electron chi connectivity index (χ0n) is 9.42. The summed E-state index contributed by atoms with van der Waals surface area (Å²) < 4.78 is 0. The molecule has 0 aromatic rings. The summed E-state index contributed by atoms with van der Waals surface area (Å²) in [5.74, 6) is -1.00. The Bertz CT molecular complexity index is 308. The number of hydrogen-bond donors (Lipinski definition) is 6. The maximum atomic E-state index is 11.3. The zero-order valence-corrected chi connectivity index (χ0v) is 9.42. The van der Waals surface area contributed by atoms with Gasteiger partial charge in [0, 0.05) is 18.0 Å². The molecule has 4 atom stereocenters. The van der Waals surface area contributed by atoms with Crippen molar-refractivity contribution in [2.75, 3.05) is 19.7 Å². The van der Waals surface area contributed by atoms with E-state index in [1.807, 2.05) is 0 Å². The van der Waals surface area contributed by atoms with Crippen molar-refractivity contribution in [2.45, 2.75) is 24.4 Å². The molecule has 6 N–H and O–H groups in total. The van der Waals surface area contributed by atoms with Crippen molar-refractivity contribution in [1.29, 1.82) is 0 Å². The Hall–Kier alpha value is -1.42. The van der Waals surface area contributed by atoms with Crippen LogP contribution in [0.15, 0.2) is 5.11 Å². The van der Waals surface area contributed by atoms with Crippen LogP contribution in [0.25, 0.3) is 10.4 Å². The molecule has 0 fully saturated rings. The minimum atomic E-state index is -1.98. The number of carbonyl (C=O) groups is 1. The van der Waals surface area contributed by atoms with Crippen molar-refractivity contribution >= 4 is 5.91 Å². The summed E-state index contributed by atoms with van der Waals surface area (Å²) in [5, 5.41) is 50.7. The molecule has 10 heteroatoms. The first-order valence-corrected chi connectivity index (χ1v) is 5.07. The van der Waals surface area contributed by atoms with E-state index >= 15 is 0 Å². The fourth-order valence-electron chi connectivity index (χ4n) is 1.06. The molecule has 0 rings (SSSR count). The van der Waals surface area contributed by atoms with E-state index in [9.17, 15) is 20.1 Å². The minimum absolute atomic E-state index is 0.0348. The highest BCUT2D eigenvalue weighted by molar-refractivity contribution is 5.81. The molecule has 0 bridgehead atoms.